The quantitative estimate of drug-likeness (QED) is 0.899. The van der Waals surface area contributed by atoms with Gasteiger partial charge in [-0.2, -0.15) is 0 Å². The topological polar surface area (TPSA) is 66.4 Å². The fraction of sp³-hybridized carbons (Fsp3) is 0.385. The van der Waals surface area contributed by atoms with E-state index in [1.165, 1.54) is 12.1 Å². The molecule has 2 N–H and O–H groups in total. The number of amides is 1. The maximum Gasteiger partial charge on any atom is 0.337 e. The summed E-state index contributed by atoms with van der Waals surface area (Å²) in [5.41, 5.74) is 0.466. The third-order valence-corrected chi connectivity index (χ3v) is 4.64. The van der Waals surface area contributed by atoms with Gasteiger partial charge in [0.15, 0.2) is 0 Å². The van der Waals surface area contributed by atoms with Gasteiger partial charge in [0, 0.05) is 5.69 Å². The number of rotatable bonds is 3. The van der Waals surface area contributed by atoms with Crippen LogP contribution in [0, 0.1) is 0 Å². The van der Waals surface area contributed by atoms with Gasteiger partial charge in [0.05, 0.1) is 15.8 Å². The van der Waals surface area contributed by atoms with Crippen LogP contribution >= 0.6 is 23.4 Å². The SMILES string of the molecule is O=C(O)c1cc(NC(=O)C2CCCCS2)ccc1Cl. The van der Waals surface area contributed by atoms with E-state index in [1.807, 2.05) is 0 Å². The van der Waals surface area contributed by atoms with Crippen LogP contribution in [-0.2, 0) is 4.79 Å². The fourth-order valence-corrected chi connectivity index (χ4v) is 3.33. The minimum absolute atomic E-state index is 0.00392. The minimum atomic E-state index is -1.10. The summed E-state index contributed by atoms with van der Waals surface area (Å²) in [4.78, 5) is 23.0. The largest absolute Gasteiger partial charge is 0.478 e. The van der Waals surface area contributed by atoms with Crippen molar-refractivity contribution in [2.24, 2.45) is 0 Å². The van der Waals surface area contributed by atoms with Crippen LogP contribution in [0.2, 0.25) is 5.02 Å². The van der Waals surface area contributed by atoms with E-state index in [2.05, 4.69) is 5.32 Å². The van der Waals surface area contributed by atoms with Crippen molar-refractivity contribution in [2.75, 3.05) is 11.1 Å². The molecule has 0 aliphatic carbocycles. The molecule has 1 aromatic rings. The van der Waals surface area contributed by atoms with Crippen LogP contribution in [0.25, 0.3) is 0 Å². The van der Waals surface area contributed by atoms with E-state index in [0.29, 0.717) is 5.69 Å². The zero-order valence-corrected chi connectivity index (χ0v) is 11.8. The summed E-state index contributed by atoms with van der Waals surface area (Å²) in [6.07, 6.45) is 3.08. The second kappa shape index (κ2) is 6.30. The Morgan fingerprint density at radius 1 is 1.37 bits per heavy atom. The number of hydrogen-bond donors (Lipinski definition) is 2. The van der Waals surface area contributed by atoms with Gasteiger partial charge in [-0.25, -0.2) is 4.79 Å². The molecule has 1 unspecified atom stereocenters. The van der Waals surface area contributed by atoms with Gasteiger partial charge in [-0.1, -0.05) is 18.0 Å². The highest BCUT2D eigenvalue weighted by molar-refractivity contribution is 8.00. The first-order valence-electron chi connectivity index (χ1n) is 6.03. The highest BCUT2D eigenvalue weighted by atomic mass is 35.5. The summed E-state index contributed by atoms with van der Waals surface area (Å²) in [5, 5.41) is 11.8. The predicted molar refractivity (Wildman–Crippen MR) is 77.1 cm³/mol. The van der Waals surface area contributed by atoms with Crippen molar-refractivity contribution in [1.29, 1.82) is 0 Å². The third-order valence-electron chi connectivity index (χ3n) is 2.94. The first kappa shape index (κ1) is 14.2. The van der Waals surface area contributed by atoms with E-state index < -0.39 is 5.97 Å². The molecule has 1 aliphatic rings. The number of nitrogens with one attached hydrogen (secondary N) is 1. The number of aromatic carboxylic acids is 1. The zero-order chi connectivity index (χ0) is 13.8. The third kappa shape index (κ3) is 3.64. The lowest BCUT2D eigenvalue weighted by molar-refractivity contribution is -0.115. The molecule has 1 saturated heterocycles. The summed E-state index contributed by atoms with van der Waals surface area (Å²) in [5.74, 6) is -0.171. The second-order valence-corrected chi connectivity index (χ2v) is 6.06. The Labute approximate surface area is 120 Å². The molecule has 1 aromatic carbocycles. The van der Waals surface area contributed by atoms with E-state index in [4.69, 9.17) is 16.7 Å². The molecular weight excluding hydrogens is 286 g/mol. The van der Waals surface area contributed by atoms with Crippen LogP contribution in [0.1, 0.15) is 29.6 Å². The average molecular weight is 300 g/mol. The molecule has 6 heteroatoms. The fourth-order valence-electron chi connectivity index (χ4n) is 1.94. The van der Waals surface area contributed by atoms with Crippen molar-refractivity contribution in [1.82, 2.24) is 0 Å². The monoisotopic (exact) mass is 299 g/mol. The number of carboxylic acids is 1. The molecule has 0 saturated carbocycles. The molecule has 1 amide bonds. The number of halogens is 1. The molecule has 0 aromatic heterocycles. The van der Waals surface area contributed by atoms with Gasteiger partial charge >= 0.3 is 5.97 Å². The van der Waals surface area contributed by atoms with Gasteiger partial charge in [0.2, 0.25) is 5.91 Å². The highest BCUT2D eigenvalue weighted by Gasteiger charge is 2.22. The normalized spacial score (nSPS) is 18.9. The van der Waals surface area contributed by atoms with Crippen molar-refractivity contribution in [3.8, 4) is 0 Å². The Morgan fingerprint density at radius 2 is 2.16 bits per heavy atom. The zero-order valence-electron chi connectivity index (χ0n) is 10.2. The Hall–Kier alpha value is -1.20. The van der Waals surface area contributed by atoms with Crippen molar-refractivity contribution in [3.63, 3.8) is 0 Å². The van der Waals surface area contributed by atoms with Crippen LogP contribution in [-0.4, -0.2) is 28.0 Å². The maximum atomic E-state index is 12.0. The van der Waals surface area contributed by atoms with Crippen molar-refractivity contribution < 1.29 is 14.7 Å². The lowest BCUT2D eigenvalue weighted by Gasteiger charge is -2.20. The summed E-state index contributed by atoms with van der Waals surface area (Å²) in [6.45, 7) is 0. The molecule has 0 radical (unpaired) electrons. The van der Waals surface area contributed by atoms with Crippen LogP contribution < -0.4 is 5.32 Å². The lowest BCUT2D eigenvalue weighted by Crippen LogP contribution is -2.27. The van der Waals surface area contributed by atoms with Gasteiger partial charge in [-0.05, 0) is 36.8 Å². The van der Waals surface area contributed by atoms with E-state index >= 15 is 0 Å². The van der Waals surface area contributed by atoms with Gasteiger partial charge in [0.25, 0.3) is 0 Å². The first-order valence-corrected chi connectivity index (χ1v) is 7.46. The van der Waals surface area contributed by atoms with E-state index in [0.717, 1.165) is 25.0 Å². The molecule has 1 atom stereocenters. The molecule has 0 spiro atoms. The molecule has 1 fully saturated rings. The highest BCUT2D eigenvalue weighted by Crippen LogP contribution is 2.27. The smallest absolute Gasteiger partial charge is 0.337 e. The number of carbonyl (C=O) groups is 2. The maximum absolute atomic E-state index is 12.0. The molecule has 102 valence electrons. The Kier molecular flexibility index (Phi) is 4.71. The van der Waals surface area contributed by atoms with Crippen molar-refractivity contribution >= 4 is 40.9 Å². The number of thioether (sulfide) groups is 1. The lowest BCUT2D eigenvalue weighted by atomic mass is 10.1. The van der Waals surface area contributed by atoms with Crippen LogP contribution in [0.4, 0.5) is 5.69 Å². The van der Waals surface area contributed by atoms with E-state index in [9.17, 15) is 9.59 Å². The van der Waals surface area contributed by atoms with Gasteiger partial charge < -0.3 is 10.4 Å². The summed E-state index contributed by atoms with van der Waals surface area (Å²) in [7, 11) is 0. The summed E-state index contributed by atoms with van der Waals surface area (Å²) >= 11 is 7.43. The molecular formula is C13H14ClNO3S. The Balaban J connectivity index is 2.08. The summed E-state index contributed by atoms with van der Waals surface area (Å²) < 4.78 is 0. The first-order chi connectivity index (χ1) is 9.08. The van der Waals surface area contributed by atoms with Crippen LogP contribution in [0.3, 0.4) is 0 Å². The molecule has 19 heavy (non-hydrogen) atoms. The molecule has 1 heterocycles. The number of anilines is 1. The Bertz CT molecular complexity index is 501. The van der Waals surface area contributed by atoms with Gasteiger partial charge in [0.1, 0.15) is 0 Å². The van der Waals surface area contributed by atoms with Gasteiger partial charge in [-0.3, -0.25) is 4.79 Å². The standard InChI is InChI=1S/C13H14ClNO3S/c14-10-5-4-8(7-9(10)13(17)18)15-12(16)11-3-1-2-6-19-11/h4-5,7,11H,1-3,6H2,(H,15,16)(H,17,18). The van der Waals surface area contributed by atoms with E-state index in [-0.39, 0.29) is 21.7 Å². The minimum Gasteiger partial charge on any atom is -0.478 e. The number of hydrogen-bond acceptors (Lipinski definition) is 3. The molecule has 0 bridgehead atoms. The second-order valence-electron chi connectivity index (χ2n) is 4.34. The van der Waals surface area contributed by atoms with Crippen molar-refractivity contribution in [2.45, 2.75) is 24.5 Å². The Morgan fingerprint density at radius 3 is 2.79 bits per heavy atom. The van der Waals surface area contributed by atoms with Crippen LogP contribution in [0.5, 0.6) is 0 Å². The molecule has 2 rings (SSSR count). The van der Waals surface area contributed by atoms with Crippen molar-refractivity contribution in [3.05, 3.63) is 28.8 Å². The predicted octanol–water partition coefficient (Wildman–Crippen LogP) is 3.26. The number of benzene rings is 1. The average Bonchev–Trinajstić information content (AvgIpc) is 2.41. The molecule has 4 nitrogen and oxygen atoms in total. The molecule has 1 aliphatic heterocycles. The summed E-state index contributed by atoms with van der Waals surface area (Å²) in [6, 6.07) is 4.48. The van der Waals surface area contributed by atoms with E-state index in [1.54, 1.807) is 17.8 Å². The van der Waals surface area contributed by atoms with Gasteiger partial charge in [-0.15, -0.1) is 11.8 Å². The number of carboxylic acid groups (broad SMARTS) is 1. The van der Waals surface area contributed by atoms with Crippen LogP contribution in [0.15, 0.2) is 18.2 Å². The number of carbonyl (C=O) groups excluding carboxylic acids is 1.